The van der Waals surface area contributed by atoms with Crippen molar-refractivity contribution in [1.82, 2.24) is 4.90 Å². The Kier molecular flexibility index (Phi) is 3.59. The van der Waals surface area contributed by atoms with Crippen LogP contribution in [0.1, 0.15) is 20.3 Å². The molecule has 0 aromatic heterocycles. The molecule has 1 unspecified atom stereocenters. The number of sulfone groups is 1. The summed E-state index contributed by atoms with van der Waals surface area (Å²) in [4.78, 5) is 5.96. The van der Waals surface area contributed by atoms with Crippen LogP contribution >= 0.6 is 0 Å². The van der Waals surface area contributed by atoms with E-state index in [2.05, 4.69) is 4.99 Å². The Morgan fingerprint density at radius 3 is 2.53 bits per heavy atom. The summed E-state index contributed by atoms with van der Waals surface area (Å²) in [6.45, 7) is 3.87. The van der Waals surface area contributed by atoms with E-state index in [-0.39, 0.29) is 23.6 Å². The van der Waals surface area contributed by atoms with Crippen molar-refractivity contribution in [1.29, 1.82) is 0 Å². The van der Waals surface area contributed by atoms with Crippen LogP contribution in [0.2, 0.25) is 0 Å². The molecule has 1 fully saturated rings. The van der Waals surface area contributed by atoms with Gasteiger partial charge in [0, 0.05) is 19.1 Å². The fraction of sp³-hybridized carbons (Fsp3) is 0.889. The SMILES string of the molecule is CC(C)N=C(N)N(C)C1CCS(=O)(=O)C1. The molecular formula is C9H19N3O2S. The van der Waals surface area contributed by atoms with Gasteiger partial charge in [-0.3, -0.25) is 4.99 Å². The first-order valence-electron chi connectivity index (χ1n) is 5.08. The summed E-state index contributed by atoms with van der Waals surface area (Å²) in [6.07, 6.45) is 0.646. The van der Waals surface area contributed by atoms with Crippen LogP contribution in [0.3, 0.4) is 0 Å². The van der Waals surface area contributed by atoms with E-state index in [9.17, 15) is 8.42 Å². The lowest BCUT2D eigenvalue weighted by atomic mass is 10.2. The van der Waals surface area contributed by atoms with Crippen molar-refractivity contribution < 1.29 is 8.42 Å². The average Bonchev–Trinajstić information content (AvgIpc) is 2.43. The molecule has 0 aromatic rings. The molecule has 1 rings (SSSR count). The zero-order chi connectivity index (χ0) is 11.6. The lowest BCUT2D eigenvalue weighted by Gasteiger charge is -2.24. The van der Waals surface area contributed by atoms with Gasteiger partial charge in [-0.15, -0.1) is 0 Å². The van der Waals surface area contributed by atoms with E-state index in [0.29, 0.717) is 12.4 Å². The van der Waals surface area contributed by atoms with Gasteiger partial charge < -0.3 is 10.6 Å². The minimum atomic E-state index is -2.85. The minimum Gasteiger partial charge on any atom is -0.370 e. The molecule has 88 valence electrons. The predicted octanol–water partition coefficient (Wildman–Crippen LogP) is -0.172. The monoisotopic (exact) mass is 233 g/mol. The molecule has 15 heavy (non-hydrogen) atoms. The van der Waals surface area contributed by atoms with Gasteiger partial charge >= 0.3 is 0 Å². The molecule has 1 aliphatic rings. The first kappa shape index (κ1) is 12.3. The van der Waals surface area contributed by atoms with Gasteiger partial charge in [0.05, 0.1) is 11.5 Å². The van der Waals surface area contributed by atoms with E-state index in [1.165, 1.54) is 0 Å². The van der Waals surface area contributed by atoms with Crippen molar-refractivity contribution in [2.45, 2.75) is 32.4 Å². The molecule has 0 saturated carbocycles. The largest absolute Gasteiger partial charge is 0.370 e. The van der Waals surface area contributed by atoms with Gasteiger partial charge in [0.25, 0.3) is 0 Å². The van der Waals surface area contributed by atoms with Crippen LogP contribution in [-0.4, -0.2) is 49.9 Å². The fourth-order valence-electron chi connectivity index (χ4n) is 1.62. The fourth-order valence-corrected chi connectivity index (χ4v) is 3.40. The molecule has 0 radical (unpaired) electrons. The zero-order valence-corrected chi connectivity index (χ0v) is 10.3. The van der Waals surface area contributed by atoms with E-state index < -0.39 is 9.84 Å². The molecule has 1 heterocycles. The number of nitrogens with zero attached hydrogens (tertiary/aromatic N) is 2. The molecule has 0 bridgehead atoms. The number of hydrogen-bond donors (Lipinski definition) is 1. The molecule has 2 N–H and O–H groups in total. The van der Waals surface area contributed by atoms with E-state index in [4.69, 9.17) is 5.73 Å². The summed E-state index contributed by atoms with van der Waals surface area (Å²) in [5.74, 6) is 0.876. The first-order valence-corrected chi connectivity index (χ1v) is 6.90. The van der Waals surface area contributed by atoms with E-state index in [0.717, 1.165) is 0 Å². The van der Waals surface area contributed by atoms with Crippen molar-refractivity contribution in [2.24, 2.45) is 10.7 Å². The molecule has 0 spiro atoms. The second-order valence-electron chi connectivity index (χ2n) is 4.25. The maximum absolute atomic E-state index is 11.3. The Balaban J connectivity index is 2.67. The molecule has 1 aliphatic heterocycles. The third kappa shape index (κ3) is 3.37. The van der Waals surface area contributed by atoms with Crippen LogP contribution in [0.25, 0.3) is 0 Å². The standard InChI is InChI=1S/C9H19N3O2S/c1-7(2)11-9(10)12(3)8-4-5-15(13,14)6-8/h7-8H,4-6H2,1-3H3,(H2,10,11). The molecule has 5 nitrogen and oxygen atoms in total. The van der Waals surface area contributed by atoms with Gasteiger partial charge in [-0.05, 0) is 20.3 Å². The van der Waals surface area contributed by atoms with Gasteiger partial charge in [0.2, 0.25) is 0 Å². The number of aliphatic imine (C=N–C) groups is 1. The van der Waals surface area contributed by atoms with E-state index in [1.807, 2.05) is 13.8 Å². The summed E-state index contributed by atoms with van der Waals surface area (Å²) in [5.41, 5.74) is 5.77. The predicted molar refractivity (Wildman–Crippen MR) is 61.6 cm³/mol. The summed E-state index contributed by atoms with van der Waals surface area (Å²) in [5, 5.41) is 0. The summed E-state index contributed by atoms with van der Waals surface area (Å²) in [7, 11) is -1.06. The summed E-state index contributed by atoms with van der Waals surface area (Å²) >= 11 is 0. The van der Waals surface area contributed by atoms with Crippen LogP contribution in [0.15, 0.2) is 4.99 Å². The number of rotatable bonds is 2. The van der Waals surface area contributed by atoms with Crippen LogP contribution < -0.4 is 5.73 Å². The lowest BCUT2D eigenvalue weighted by Crippen LogP contribution is -2.42. The minimum absolute atomic E-state index is 0.0162. The van der Waals surface area contributed by atoms with Gasteiger partial charge in [-0.2, -0.15) is 0 Å². The smallest absolute Gasteiger partial charge is 0.191 e. The second kappa shape index (κ2) is 4.38. The number of guanidine groups is 1. The average molecular weight is 233 g/mol. The van der Waals surface area contributed by atoms with Crippen molar-refractivity contribution >= 4 is 15.8 Å². The van der Waals surface area contributed by atoms with Crippen LogP contribution in [-0.2, 0) is 9.84 Å². The van der Waals surface area contributed by atoms with Gasteiger partial charge in [0.1, 0.15) is 0 Å². The maximum Gasteiger partial charge on any atom is 0.191 e. The van der Waals surface area contributed by atoms with Crippen LogP contribution in [0, 0.1) is 0 Å². The third-order valence-corrected chi connectivity index (χ3v) is 4.26. The highest BCUT2D eigenvalue weighted by Gasteiger charge is 2.31. The normalized spacial score (nSPS) is 25.9. The summed E-state index contributed by atoms with van der Waals surface area (Å²) < 4.78 is 22.6. The molecule has 1 atom stereocenters. The van der Waals surface area contributed by atoms with Crippen LogP contribution in [0.5, 0.6) is 0 Å². The zero-order valence-electron chi connectivity index (χ0n) is 9.47. The molecule has 6 heteroatoms. The first-order chi connectivity index (χ1) is 6.82. The van der Waals surface area contributed by atoms with E-state index in [1.54, 1.807) is 11.9 Å². The Morgan fingerprint density at radius 1 is 1.53 bits per heavy atom. The molecule has 1 saturated heterocycles. The highest BCUT2D eigenvalue weighted by Crippen LogP contribution is 2.16. The van der Waals surface area contributed by atoms with Gasteiger partial charge in [0.15, 0.2) is 15.8 Å². The topological polar surface area (TPSA) is 75.8 Å². The van der Waals surface area contributed by atoms with Gasteiger partial charge in [-0.25, -0.2) is 8.42 Å². The molecular weight excluding hydrogens is 214 g/mol. The second-order valence-corrected chi connectivity index (χ2v) is 6.48. The number of nitrogens with two attached hydrogens (primary N) is 1. The highest BCUT2D eigenvalue weighted by molar-refractivity contribution is 7.91. The summed E-state index contributed by atoms with van der Waals surface area (Å²) in [6, 6.07) is 0.114. The van der Waals surface area contributed by atoms with Gasteiger partial charge in [-0.1, -0.05) is 0 Å². The Bertz CT molecular complexity index is 348. The van der Waals surface area contributed by atoms with Crippen LogP contribution in [0.4, 0.5) is 0 Å². The highest BCUT2D eigenvalue weighted by atomic mass is 32.2. The van der Waals surface area contributed by atoms with Crippen molar-refractivity contribution in [3.8, 4) is 0 Å². The van der Waals surface area contributed by atoms with Crippen molar-refractivity contribution in [2.75, 3.05) is 18.6 Å². The molecule has 0 aromatic carbocycles. The Labute approximate surface area is 91.3 Å². The molecule has 0 amide bonds. The maximum atomic E-state index is 11.3. The third-order valence-electron chi connectivity index (χ3n) is 2.51. The Morgan fingerprint density at radius 2 is 2.13 bits per heavy atom. The lowest BCUT2D eigenvalue weighted by molar-refractivity contribution is 0.390. The molecule has 0 aliphatic carbocycles. The number of hydrogen-bond acceptors (Lipinski definition) is 3. The van der Waals surface area contributed by atoms with Crippen molar-refractivity contribution in [3.05, 3.63) is 0 Å². The van der Waals surface area contributed by atoms with E-state index >= 15 is 0 Å². The van der Waals surface area contributed by atoms with Crippen molar-refractivity contribution in [3.63, 3.8) is 0 Å². The Hall–Kier alpha value is -0.780. The quantitative estimate of drug-likeness (QED) is 0.530.